The van der Waals surface area contributed by atoms with Gasteiger partial charge in [0.15, 0.2) is 0 Å². The van der Waals surface area contributed by atoms with Crippen molar-refractivity contribution in [1.29, 1.82) is 0 Å². The number of fused-ring (bicyclic) bond motifs is 1. The van der Waals surface area contributed by atoms with Crippen LogP contribution >= 0.6 is 15.9 Å². The lowest BCUT2D eigenvalue weighted by molar-refractivity contribution is 1.08. The zero-order valence-corrected chi connectivity index (χ0v) is 11.4. The average molecular weight is 301 g/mol. The molecule has 0 spiro atoms. The smallest absolute Gasteiger partial charge is 0.0633 e. The predicted octanol–water partition coefficient (Wildman–Crippen LogP) is 3.91. The highest BCUT2D eigenvalue weighted by molar-refractivity contribution is 9.10. The second-order valence-corrected chi connectivity index (χ2v) is 5.40. The lowest BCUT2D eigenvalue weighted by Gasteiger charge is -2.02. The van der Waals surface area contributed by atoms with Crippen molar-refractivity contribution < 1.29 is 0 Å². The van der Waals surface area contributed by atoms with Crippen molar-refractivity contribution in [3.8, 4) is 0 Å². The molecule has 3 heteroatoms. The molecule has 2 N–H and O–H groups in total. The number of hydrogen-bond donors (Lipinski definition) is 1. The number of benzene rings is 1. The van der Waals surface area contributed by atoms with E-state index < -0.39 is 0 Å². The largest absolute Gasteiger partial charge is 0.399 e. The molecule has 3 rings (SSSR count). The van der Waals surface area contributed by atoms with Gasteiger partial charge in [-0.25, -0.2) is 0 Å². The number of anilines is 1. The van der Waals surface area contributed by atoms with Crippen LogP contribution in [-0.2, 0) is 6.42 Å². The lowest BCUT2D eigenvalue weighted by Crippen LogP contribution is -1.88. The van der Waals surface area contributed by atoms with Gasteiger partial charge in [0, 0.05) is 16.4 Å². The van der Waals surface area contributed by atoms with Crippen LogP contribution < -0.4 is 5.73 Å². The Balaban J connectivity index is 1.98. The standard InChI is InChI=1S/C15H13BrN2/c16-12-3-5-14(18-9-12)8-11-2-1-10-7-13(17)4-6-15(10)11/h3-9H,1-2,17H2/b11-8+. The molecule has 0 radical (unpaired) electrons. The molecule has 1 aliphatic carbocycles. The minimum atomic E-state index is 0.844. The van der Waals surface area contributed by atoms with Crippen LogP contribution in [0.3, 0.4) is 0 Å². The fourth-order valence-corrected chi connectivity index (χ4v) is 2.57. The Kier molecular flexibility index (Phi) is 2.92. The van der Waals surface area contributed by atoms with Gasteiger partial charge in [-0.2, -0.15) is 0 Å². The van der Waals surface area contributed by atoms with Crippen LogP contribution in [-0.4, -0.2) is 4.98 Å². The first-order valence-electron chi connectivity index (χ1n) is 5.93. The number of halogens is 1. The molecule has 0 unspecified atom stereocenters. The number of nitrogens with two attached hydrogens (primary N) is 1. The molecule has 1 aromatic carbocycles. The maximum absolute atomic E-state index is 5.81. The van der Waals surface area contributed by atoms with Gasteiger partial charge in [-0.1, -0.05) is 6.07 Å². The minimum Gasteiger partial charge on any atom is -0.399 e. The number of pyridine rings is 1. The third kappa shape index (κ3) is 2.18. The van der Waals surface area contributed by atoms with Crippen molar-refractivity contribution in [3.05, 3.63) is 57.8 Å². The molecule has 0 fully saturated rings. The first-order chi connectivity index (χ1) is 8.72. The van der Waals surface area contributed by atoms with Crippen molar-refractivity contribution >= 4 is 33.3 Å². The van der Waals surface area contributed by atoms with Crippen molar-refractivity contribution in [2.24, 2.45) is 0 Å². The average Bonchev–Trinajstić information content (AvgIpc) is 2.74. The summed E-state index contributed by atoms with van der Waals surface area (Å²) in [6.07, 6.45) is 6.12. The van der Waals surface area contributed by atoms with Crippen molar-refractivity contribution in [2.75, 3.05) is 5.73 Å². The van der Waals surface area contributed by atoms with Gasteiger partial charge < -0.3 is 5.73 Å². The van der Waals surface area contributed by atoms with Crippen LogP contribution in [0.25, 0.3) is 11.6 Å². The fraction of sp³-hybridized carbons (Fsp3) is 0.133. The highest BCUT2D eigenvalue weighted by atomic mass is 79.9. The first kappa shape index (κ1) is 11.5. The summed E-state index contributed by atoms with van der Waals surface area (Å²) in [5, 5.41) is 0. The molecule has 0 atom stereocenters. The quantitative estimate of drug-likeness (QED) is 0.811. The van der Waals surface area contributed by atoms with Crippen LogP contribution in [0.4, 0.5) is 5.69 Å². The third-order valence-corrected chi connectivity index (χ3v) is 3.68. The molecule has 0 saturated heterocycles. The zero-order valence-electron chi connectivity index (χ0n) is 9.86. The third-order valence-electron chi connectivity index (χ3n) is 3.21. The minimum absolute atomic E-state index is 0.844. The second-order valence-electron chi connectivity index (χ2n) is 4.49. The Hall–Kier alpha value is -1.61. The van der Waals surface area contributed by atoms with Crippen molar-refractivity contribution in [3.63, 3.8) is 0 Å². The number of nitrogens with zero attached hydrogens (tertiary/aromatic N) is 1. The number of aryl methyl sites for hydroxylation is 1. The molecule has 18 heavy (non-hydrogen) atoms. The molecule has 0 saturated carbocycles. The molecule has 2 aromatic rings. The topological polar surface area (TPSA) is 38.9 Å². The Morgan fingerprint density at radius 2 is 2.06 bits per heavy atom. The van der Waals surface area contributed by atoms with E-state index in [0.29, 0.717) is 0 Å². The number of nitrogen functional groups attached to an aromatic ring is 1. The van der Waals surface area contributed by atoms with Gasteiger partial charge in [-0.3, -0.25) is 4.98 Å². The Morgan fingerprint density at radius 3 is 2.83 bits per heavy atom. The van der Waals surface area contributed by atoms with E-state index in [1.165, 1.54) is 16.7 Å². The normalized spacial score (nSPS) is 15.9. The van der Waals surface area contributed by atoms with Gasteiger partial charge in [0.2, 0.25) is 0 Å². The summed E-state index contributed by atoms with van der Waals surface area (Å²) in [5.41, 5.74) is 11.7. The fourth-order valence-electron chi connectivity index (χ4n) is 2.34. The van der Waals surface area contributed by atoms with Crippen LogP contribution in [0, 0.1) is 0 Å². The molecule has 1 aromatic heterocycles. The Bertz CT molecular complexity index is 615. The summed E-state index contributed by atoms with van der Waals surface area (Å²) >= 11 is 3.39. The Labute approximate surface area is 115 Å². The van der Waals surface area contributed by atoms with E-state index in [-0.39, 0.29) is 0 Å². The highest BCUT2D eigenvalue weighted by Crippen LogP contribution is 2.34. The van der Waals surface area contributed by atoms with E-state index in [1.54, 1.807) is 0 Å². The van der Waals surface area contributed by atoms with Crippen molar-refractivity contribution in [1.82, 2.24) is 4.98 Å². The van der Waals surface area contributed by atoms with Gasteiger partial charge >= 0.3 is 0 Å². The maximum Gasteiger partial charge on any atom is 0.0633 e. The maximum atomic E-state index is 5.81. The molecule has 0 aliphatic heterocycles. The molecule has 1 aliphatic rings. The van der Waals surface area contributed by atoms with E-state index in [9.17, 15) is 0 Å². The number of hydrogen-bond acceptors (Lipinski definition) is 2. The SMILES string of the molecule is Nc1ccc2c(c1)CC/C2=C\c1ccc(Br)cn1. The van der Waals surface area contributed by atoms with E-state index in [4.69, 9.17) is 5.73 Å². The number of rotatable bonds is 1. The lowest BCUT2D eigenvalue weighted by atomic mass is 10.1. The summed E-state index contributed by atoms with van der Waals surface area (Å²) in [6, 6.07) is 10.2. The van der Waals surface area contributed by atoms with E-state index in [2.05, 4.69) is 39.1 Å². The zero-order chi connectivity index (χ0) is 12.5. The van der Waals surface area contributed by atoms with E-state index >= 15 is 0 Å². The predicted molar refractivity (Wildman–Crippen MR) is 79.0 cm³/mol. The van der Waals surface area contributed by atoms with E-state index in [0.717, 1.165) is 28.7 Å². The molecule has 0 bridgehead atoms. The molecule has 1 heterocycles. The first-order valence-corrected chi connectivity index (χ1v) is 6.72. The van der Waals surface area contributed by atoms with Gasteiger partial charge in [-0.05, 0) is 75.8 Å². The van der Waals surface area contributed by atoms with Crippen LogP contribution in [0.2, 0.25) is 0 Å². The van der Waals surface area contributed by atoms with Gasteiger partial charge in [0.05, 0.1) is 5.69 Å². The Morgan fingerprint density at radius 1 is 1.17 bits per heavy atom. The van der Waals surface area contributed by atoms with Crippen LogP contribution in [0.15, 0.2) is 41.0 Å². The van der Waals surface area contributed by atoms with E-state index in [1.807, 2.05) is 24.4 Å². The number of allylic oxidation sites excluding steroid dienone is 1. The van der Waals surface area contributed by atoms with Crippen molar-refractivity contribution in [2.45, 2.75) is 12.8 Å². The number of aromatic nitrogens is 1. The van der Waals surface area contributed by atoms with Crippen LogP contribution in [0.1, 0.15) is 23.2 Å². The molecular formula is C15H13BrN2. The summed E-state index contributed by atoms with van der Waals surface area (Å²) in [6.45, 7) is 0. The molecule has 0 amide bonds. The van der Waals surface area contributed by atoms with Gasteiger partial charge in [-0.15, -0.1) is 0 Å². The second kappa shape index (κ2) is 4.58. The summed E-state index contributed by atoms with van der Waals surface area (Å²) in [4.78, 5) is 4.38. The highest BCUT2D eigenvalue weighted by Gasteiger charge is 2.16. The summed E-state index contributed by atoms with van der Waals surface area (Å²) in [7, 11) is 0. The molecule has 90 valence electrons. The monoisotopic (exact) mass is 300 g/mol. The van der Waals surface area contributed by atoms with Crippen LogP contribution in [0.5, 0.6) is 0 Å². The van der Waals surface area contributed by atoms with Gasteiger partial charge in [0.25, 0.3) is 0 Å². The molecule has 2 nitrogen and oxygen atoms in total. The summed E-state index contributed by atoms with van der Waals surface area (Å²) in [5.74, 6) is 0. The van der Waals surface area contributed by atoms with Gasteiger partial charge in [0.1, 0.15) is 0 Å². The molecular weight excluding hydrogens is 288 g/mol. The summed E-state index contributed by atoms with van der Waals surface area (Å²) < 4.78 is 1.00.